The number of benzene rings is 1. The molecule has 0 heterocycles. The molecule has 1 amide bonds. The molecule has 0 radical (unpaired) electrons. The van der Waals surface area contributed by atoms with Gasteiger partial charge in [-0.3, -0.25) is 4.79 Å². The number of ether oxygens (including phenoxy) is 2. The zero-order valence-electron chi connectivity index (χ0n) is 12.7. The highest BCUT2D eigenvalue weighted by molar-refractivity contribution is 5.77. The molecule has 0 spiro atoms. The van der Waals surface area contributed by atoms with Gasteiger partial charge in [-0.25, -0.2) is 0 Å². The number of carbonyl (C=O) groups is 1. The fourth-order valence-electron chi connectivity index (χ4n) is 1.76. The van der Waals surface area contributed by atoms with Crippen LogP contribution in [0.25, 0.3) is 0 Å². The average molecular weight is 280 g/mol. The van der Waals surface area contributed by atoms with E-state index in [1.807, 2.05) is 46.0 Å². The molecule has 0 aliphatic carbocycles. The summed E-state index contributed by atoms with van der Waals surface area (Å²) in [5.41, 5.74) is 1.11. The predicted molar refractivity (Wildman–Crippen MR) is 79.1 cm³/mol. The molecule has 0 aromatic heterocycles. The smallest absolute Gasteiger partial charge is 0.258 e. The monoisotopic (exact) mass is 280 g/mol. The molecule has 1 aromatic rings. The Morgan fingerprint density at radius 3 is 2.60 bits per heavy atom. The van der Waals surface area contributed by atoms with Crippen LogP contribution in [0.4, 0.5) is 0 Å². The van der Waals surface area contributed by atoms with Gasteiger partial charge in [-0.2, -0.15) is 0 Å². The molecule has 0 saturated heterocycles. The van der Waals surface area contributed by atoms with Gasteiger partial charge in [0, 0.05) is 12.6 Å². The summed E-state index contributed by atoms with van der Waals surface area (Å²) < 4.78 is 11.1. The molecule has 1 aromatic carbocycles. The first-order chi connectivity index (χ1) is 9.56. The van der Waals surface area contributed by atoms with Crippen LogP contribution in [0.3, 0.4) is 0 Å². The van der Waals surface area contributed by atoms with Crippen molar-refractivity contribution in [3.63, 3.8) is 0 Å². The maximum Gasteiger partial charge on any atom is 0.258 e. The fourth-order valence-corrected chi connectivity index (χ4v) is 1.76. The second kappa shape index (κ2) is 8.43. The average Bonchev–Trinajstić information content (AvgIpc) is 2.38. The molecule has 0 aliphatic heterocycles. The standard InChI is InChI=1S/C15H24N2O3/c1-5-19-14-8-12(9-16-4)6-7-13(14)20-10-15(18)17-11(2)3/h6-8,11,16H,5,9-10H2,1-4H3,(H,17,18). The predicted octanol–water partition coefficient (Wildman–Crippen LogP) is 1.71. The number of rotatable bonds is 8. The lowest BCUT2D eigenvalue weighted by Gasteiger charge is -2.14. The molecule has 112 valence electrons. The molecule has 0 fully saturated rings. The van der Waals surface area contributed by atoms with Gasteiger partial charge in [0.2, 0.25) is 0 Å². The summed E-state index contributed by atoms with van der Waals surface area (Å²) in [5.74, 6) is 1.12. The van der Waals surface area contributed by atoms with E-state index in [4.69, 9.17) is 9.47 Å². The van der Waals surface area contributed by atoms with Crippen LogP contribution in [0.15, 0.2) is 18.2 Å². The van der Waals surface area contributed by atoms with E-state index in [0.717, 1.165) is 12.1 Å². The molecular formula is C15H24N2O3. The lowest BCUT2D eigenvalue weighted by atomic mass is 10.2. The summed E-state index contributed by atoms with van der Waals surface area (Å²) in [7, 11) is 1.89. The van der Waals surface area contributed by atoms with Crippen LogP contribution in [0, 0.1) is 0 Å². The van der Waals surface area contributed by atoms with Crippen molar-refractivity contribution in [2.75, 3.05) is 20.3 Å². The largest absolute Gasteiger partial charge is 0.490 e. The van der Waals surface area contributed by atoms with Crippen LogP contribution in [0.5, 0.6) is 11.5 Å². The van der Waals surface area contributed by atoms with E-state index in [1.54, 1.807) is 0 Å². The van der Waals surface area contributed by atoms with Crippen LogP contribution in [0.2, 0.25) is 0 Å². The summed E-state index contributed by atoms with van der Waals surface area (Å²) in [4.78, 5) is 11.6. The van der Waals surface area contributed by atoms with E-state index >= 15 is 0 Å². The van der Waals surface area contributed by atoms with E-state index in [0.29, 0.717) is 18.1 Å². The quantitative estimate of drug-likeness (QED) is 0.761. The Bertz CT molecular complexity index is 433. The van der Waals surface area contributed by atoms with Gasteiger partial charge in [0.25, 0.3) is 5.91 Å². The highest BCUT2D eigenvalue weighted by Gasteiger charge is 2.09. The van der Waals surface area contributed by atoms with Crippen LogP contribution >= 0.6 is 0 Å². The van der Waals surface area contributed by atoms with Crippen molar-refractivity contribution in [1.29, 1.82) is 0 Å². The lowest BCUT2D eigenvalue weighted by molar-refractivity contribution is -0.123. The number of nitrogens with one attached hydrogen (secondary N) is 2. The van der Waals surface area contributed by atoms with Crippen LogP contribution in [-0.2, 0) is 11.3 Å². The third-order valence-electron chi connectivity index (χ3n) is 2.50. The Hall–Kier alpha value is -1.75. The van der Waals surface area contributed by atoms with Crippen molar-refractivity contribution in [1.82, 2.24) is 10.6 Å². The van der Waals surface area contributed by atoms with Gasteiger partial charge < -0.3 is 20.1 Å². The summed E-state index contributed by atoms with van der Waals surface area (Å²) in [5, 5.41) is 5.87. The van der Waals surface area contributed by atoms with E-state index in [-0.39, 0.29) is 18.6 Å². The summed E-state index contributed by atoms with van der Waals surface area (Å²) in [6.07, 6.45) is 0. The Balaban J connectivity index is 2.70. The first kappa shape index (κ1) is 16.3. The third kappa shape index (κ3) is 5.48. The number of hydrogen-bond donors (Lipinski definition) is 2. The maximum atomic E-state index is 11.6. The van der Waals surface area contributed by atoms with Gasteiger partial charge in [0.1, 0.15) is 0 Å². The zero-order chi connectivity index (χ0) is 15.0. The normalized spacial score (nSPS) is 10.4. The second-order valence-corrected chi connectivity index (χ2v) is 4.76. The first-order valence-corrected chi connectivity index (χ1v) is 6.89. The molecule has 0 bridgehead atoms. The highest BCUT2D eigenvalue weighted by Crippen LogP contribution is 2.28. The minimum absolute atomic E-state index is 0.0103. The summed E-state index contributed by atoms with van der Waals surface area (Å²) >= 11 is 0. The Kier molecular flexibility index (Phi) is 6.87. The molecule has 0 aliphatic rings. The van der Waals surface area contributed by atoms with Gasteiger partial charge >= 0.3 is 0 Å². The molecule has 0 unspecified atom stereocenters. The molecule has 5 heteroatoms. The van der Waals surface area contributed by atoms with Gasteiger partial charge in [-0.15, -0.1) is 0 Å². The van der Waals surface area contributed by atoms with E-state index in [1.165, 1.54) is 0 Å². The number of amides is 1. The van der Waals surface area contributed by atoms with Crippen molar-refractivity contribution in [2.24, 2.45) is 0 Å². The van der Waals surface area contributed by atoms with Crippen molar-refractivity contribution < 1.29 is 14.3 Å². The minimum Gasteiger partial charge on any atom is -0.490 e. The first-order valence-electron chi connectivity index (χ1n) is 6.89. The van der Waals surface area contributed by atoms with E-state index < -0.39 is 0 Å². The SMILES string of the molecule is CCOc1cc(CNC)ccc1OCC(=O)NC(C)C. The van der Waals surface area contributed by atoms with E-state index in [2.05, 4.69) is 10.6 Å². The van der Waals surface area contributed by atoms with Crippen molar-refractivity contribution >= 4 is 5.91 Å². The molecule has 2 N–H and O–H groups in total. The zero-order valence-corrected chi connectivity index (χ0v) is 12.7. The molecule has 5 nitrogen and oxygen atoms in total. The van der Waals surface area contributed by atoms with Crippen molar-refractivity contribution in [3.8, 4) is 11.5 Å². The molecule has 0 atom stereocenters. The van der Waals surface area contributed by atoms with Crippen LogP contribution in [-0.4, -0.2) is 32.2 Å². The van der Waals surface area contributed by atoms with Gasteiger partial charge in [-0.1, -0.05) is 6.07 Å². The second-order valence-electron chi connectivity index (χ2n) is 4.76. The number of carbonyl (C=O) groups excluding carboxylic acids is 1. The van der Waals surface area contributed by atoms with Gasteiger partial charge in [0.05, 0.1) is 6.61 Å². The van der Waals surface area contributed by atoms with Crippen molar-refractivity contribution in [2.45, 2.75) is 33.4 Å². The molecule has 20 heavy (non-hydrogen) atoms. The topological polar surface area (TPSA) is 59.6 Å². The number of hydrogen-bond acceptors (Lipinski definition) is 4. The van der Waals surface area contributed by atoms with Crippen LogP contribution < -0.4 is 20.1 Å². The Morgan fingerprint density at radius 2 is 2.00 bits per heavy atom. The maximum absolute atomic E-state index is 11.6. The van der Waals surface area contributed by atoms with E-state index in [9.17, 15) is 4.79 Å². The minimum atomic E-state index is -0.137. The lowest BCUT2D eigenvalue weighted by Crippen LogP contribution is -2.34. The van der Waals surface area contributed by atoms with Gasteiger partial charge in [0.15, 0.2) is 18.1 Å². The molecule has 0 saturated carbocycles. The van der Waals surface area contributed by atoms with Crippen molar-refractivity contribution in [3.05, 3.63) is 23.8 Å². The Labute approximate surface area is 120 Å². The Morgan fingerprint density at radius 1 is 1.25 bits per heavy atom. The molecule has 1 rings (SSSR count). The molecular weight excluding hydrogens is 256 g/mol. The summed E-state index contributed by atoms with van der Waals surface area (Å²) in [6.45, 7) is 7.04. The van der Waals surface area contributed by atoms with Crippen LogP contribution in [0.1, 0.15) is 26.3 Å². The summed E-state index contributed by atoms with van der Waals surface area (Å²) in [6, 6.07) is 5.82. The third-order valence-corrected chi connectivity index (χ3v) is 2.50. The fraction of sp³-hybridized carbons (Fsp3) is 0.533. The highest BCUT2D eigenvalue weighted by atomic mass is 16.5. The van der Waals surface area contributed by atoms with Gasteiger partial charge in [-0.05, 0) is 45.5 Å².